The molecule has 0 spiro atoms. The summed E-state index contributed by atoms with van der Waals surface area (Å²) in [7, 11) is 0. The molecule has 0 bridgehead atoms. The lowest BCUT2D eigenvalue weighted by atomic mass is 9.83. The van der Waals surface area contributed by atoms with E-state index < -0.39 is 0 Å². The van der Waals surface area contributed by atoms with E-state index in [9.17, 15) is 0 Å². The van der Waals surface area contributed by atoms with Gasteiger partial charge in [0, 0.05) is 38.8 Å². The summed E-state index contributed by atoms with van der Waals surface area (Å²) in [5.74, 6) is 1.02. The van der Waals surface area contributed by atoms with E-state index in [1.165, 1.54) is 45.6 Å². The van der Waals surface area contributed by atoms with Crippen molar-refractivity contribution in [3.63, 3.8) is 0 Å². The van der Waals surface area contributed by atoms with E-state index in [1.54, 1.807) is 0 Å². The van der Waals surface area contributed by atoms with Gasteiger partial charge in [-0.3, -0.25) is 4.90 Å². The lowest BCUT2D eigenvalue weighted by Crippen LogP contribution is -2.51. The topological polar surface area (TPSA) is 6.48 Å². The standard InChI is InChI=1S/C14H30N2S/c1-5-14(6-2,12-17)11-15-7-9-16(10-8-15)13(3)4/h13,17H,5-12H2,1-4H3. The van der Waals surface area contributed by atoms with Crippen LogP contribution in [-0.2, 0) is 0 Å². The Morgan fingerprint density at radius 1 is 1.06 bits per heavy atom. The molecule has 0 aromatic carbocycles. The van der Waals surface area contributed by atoms with Gasteiger partial charge in [0.15, 0.2) is 0 Å². The normalized spacial score (nSPS) is 20.1. The van der Waals surface area contributed by atoms with E-state index in [0.717, 1.165) is 5.75 Å². The predicted octanol–water partition coefficient (Wildman–Crippen LogP) is 2.75. The third-order valence-corrected chi connectivity index (χ3v) is 5.20. The van der Waals surface area contributed by atoms with Gasteiger partial charge in [-0.05, 0) is 37.9 Å². The molecular formula is C14H30N2S. The highest BCUT2D eigenvalue weighted by Gasteiger charge is 2.29. The van der Waals surface area contributed by atoms with Gasteiger partial charge < -0.3 is 4.90 Å². The Morgan fingerprint density at radius 2 is 1.59 bits per heavy atom. The molecule has 1 rings (SSSR count). The van der Waals surface area contributed by atoms with E-state index in [4.69, 9.17) is 0 Å². The molecule has 17 heavy (non-hydrogen) atoms. The van der Waals surface area contributed by atoms with Crippen LogP contribution in [0.3, 0.4) is 0 Å². The van der Waals surface area contributed by atoms with Crippen molar-refractivity contribution in [1.82, 2.24) is 9.80 Å². The van der Waals surface area contributed by atoms with Gasteiger partial charge in [0.25, 0.3) is 0 Å². The van der Waals surface area contributed by atoms with Crippen LogP contribution in [0, 0.1) is 5.41 Å². The van der Waals surface area contributed by atoms with E-state index in [2.05, 4.69) is 50.1 Å². The monoisotopic (exact) mass is 258 g/mol. The average molecular weight is 258 g/mol. The molecule has 0 N–H and O–H groups in total. The third kappa shape index (κ3) is 4.15. The number of rotatable bonds is 6. The second kappa shape index (κ2) is 7.01. The van der Waals surface area contributed by atoms with Crippen molar-refractivity contribution >= 4 is 12.6 Å². The first-order valence-electron chi connectivity index (χ1n) is 7.14. The minimum Gasteiger partial charge on any atom is -0.300 e. The molecule has 3 heteroatoms. The zero-order valence-electron chi connectivity index (χ0n) is 12.1. The lowest BCUT2D eigenvalue weighted by molar-refractivity contribution is 0.0742. The Morgan fingerprint density at radius 3 is 1.94 bits per heavy atom. The molecule has 1 heterocycles. The maximum atomic E-state index is 4.57. The molecule has 1 aliphatic heterocycles. The van der Waals surface area contributed by atoms with Crippen LogP contribution in [0.2, 0.25) is 0 Å². The molecule has 1 aliphatic rings. The molecule has 0 atom stereocenters. The number of nitrogens with zero attached hydrogens (tertiary/aromatic N) is 2. The Hall–Kier alpha value is 0.270. The van der Waals surface area contributed by atoms with Gasteiger partial charge in [0.1, 0.15) is 0 Å². The Kier molecular flexibility index (Phi) is 6.32. The SMILES string of the molecule is CCC(CC)(CS)CN1CCN(C(C)C)CC1. The van der Waals surface area contributed by atoms with Gasteiger partial charge in [0.2, 0.25) is 0 Å². The van der Waals surface area contributed by atoms with Gasteiger partial charge in [0.05, 0.1) is 0 Å². The molecule has 2 nitrogen and oxygen atoms in total. The fourth-order valence-corrected chi connectivity index (χ4v) is 3.21. The van der Waals surface area contributed by atoms with Gasteiger partial charge in [-0.2, -0.15) is 12.6 Å². The summed E-state index contributed by atoms with van der Waals surface area (Å²) < 4.78 is 0. The quantitative estimate of drug-likeness (QED) is 0.732. The molecule has 0 aliphatic carbocycles. The van der Waals surface area contributed by atoms with Crippen LogP contribution in [0.15, 0.2) is 0 Å². The fraction of sp³-hybridized carbons (Fsp3) is 1.00. The van der Waals surface area contributed by atoms with Crippen LogP contribution in [0.1, 0.15) is 40.5 Å². The summed E-state index contributed by atoms with van der Waals surface area (Å²) in [5, 5.41) is 0. The minimum absolute atomic E-state index is 0.434. The number of hydrogen-bond acceptors (Lipinski definition) is 3. The molecule has 0 saturated carbocycles. The van der Waals surface area contributed by atoms with Crippen LogP contribution in [0.5, 0.6) is 0 Å². The second-order valence-electron chi connectivity index (χ2n) is 5.77. The Labute approximate surface area is 113 Å². The molecular weight excluding hydrogens is 228 g/mol. The molecule has 0 aromatic rings. The minimum atomic E-state index is 0.434. The lowest BCUT2D eigenvalue weighted by Gasteiger charge is -2.42. The van der Waals surface area contributed by atoms with Gasteiger partial charge in [-0.15, -0.1) is 0 Å². The molecule has 1 fully saturated rings. The average Bonchev–Trinajstić information content (AvgIpc) is 2.37. The Balaban J connectivity index is 2.44. The summed E-state index contributed by atoms with van der Waals surface area (Å²) in [4.78, 5) is 5.22. The van der Waals surface area contributed by atoms with E-state index in [0.29, 0.717) is 11.5 Å². The molecule has 1 saturated heterocycles. The Bertz CT molecular complexity index is 198. The maximum absolute atomic E-state index is 4.57. The smallest absolute Gasteiger partial charge is 0.0113 e. The number of hydrogen-bond donors (Lipinski definition) is 1. The summed E-state index contributed by atoms with van der Waals surface area (Å²) in [6.07, 6.45) is 2.49. The van der Waals surface area contributed by atoms with E-state index in [-0.39, 0.29) is 0 Å². The number of thiol groups is 1. The summed E-state index contributed by atoms with van der Waals surface area (Å²) in [6, 6.07) is 0.698. The van der Waals surface area contributed by atoms with Crippen LogP contribution < -0.4 is 0 Å². The first-order chi connectivity index (χ1) is 8.06. The van der Waals surface area contributed by atoms with E-state index >= 15 is 0 Å². The first-order valence-corrected chi connectivity index (χ1v) is 7.77. The van der Waals surface area contributed by atoms with Crippen molar-refractivity contribution < 1.29 is 0 Å². The molecule has 0 radical (unpaired) electrons. The molecule has 0 amide bonds. The highest BCUT2D eigenvalue weighted by molar-refractivity contribution is 7.80. The van der Waals surface area contributed by atoms with Crippen molar-refractivity contribution in [1.29, 1.82) is 0 Å². The molecule has 0 aromatic heterocycles. The highest BCUT2D eigenvalue weighted by Crippen LogP contribution is 2.29. The van der Waals surface area contributed by atoms with Crippen LogP contribution in [0.4, 0.5) is 0 Å². The van der Waals surface area contributed by atoms with Crippen molar-refractivity contribution in [3.8, 4) is 0 Å². The molecule has 102 valence electrons. The highest BCUT2D eigenvalue weighted by atomic mass is 32.1. The van der Waals surface area contributed by atoms with Crippen molar-refractivity contribution in [2.75, 3.05) is 38.5 Å². The third-order valence-electron chi connectivity index (χ3n) is 4.53. The number of piperazine rings is 1. The fourth-order valence-electron chi connectivity index (χ4n) is 2.66. The van der Waals surface area contributed by atoms with Gasteiger partial charge in [-0.1, -0.05) is 13.8 Å². The van der Waals surface area contributed by atoms with Gasteiger partial charge in [-0.25, -0.2) is 0 Å². The second-order valence-corrected chi connectivity index (χ2v) is 6.09. The van der Waals surface area contributed by atoms with Gasteiger partial charge >= 0.3 is 0 Å². The van der Waals surface area contributed by atoms with E-state index in [1.807, 2.05) is 0 Å². The van der Waals surface area contributed by atoms with Crippen LogP contribution in [0.25, 0.3) is 0 Å². The van der Waals surface area contributed by atoms with Crippen LogP contribution in [-0.4, -0.2) is 54.3 Å². The summed E-state index contributed by atoms with van der Waals surface area (Å²) in [5.41, 5.74) is 0.434. The predicted molar refractivity (Wildman–Crippen MR) is 80.0 cm³/mol. The van der Waals surface area contributed by atoms with Crippen LogP contribution >= 0.6 is 12.6 Å². The maximum Gasteiger partial charge on any atom is 0.0113 e. The summed E-state index contributed by atoms with van der Waals surface area (Å²) >= 11 is 4.57. The summed E-state index contributed by atoms with van der Waals surface area (Å²) in [6.45, 7) is 15.4. The first kappa shape index (κ1) is 15.3. The largest absolute Gasteiger partial charge is 0.300 e. The zero-order chi connectivity index (χ0) is 12.9. The van der Waals surface area contributed by atoms with Crippen molar-refractivity contribution in [3.05, 3.63) is 0 Å². The zero-order valence-corrected chi connectivity index (χ0v) is 13.0. The van der Waals surface area contributed by atoms with Crippen molar-refractivity contribution in [2.45, 2.75) is 46.6 Å². The molecule has 0 unspecified atom stereocenters. The van der Waals surface area contributed by atoms with Crippen molar-refractivity contribution in [2.24, 2.45) is 5.41 Å².